The van der Waals surface area contributed by atoms with Crippen molar-refractivity contribution in [2.75, 3.05) is 0 Å². The summed E-state index contributed by atoms with van der Waals surface area (Å²) in [6, 6.07) is 6.04. The second kappa shape index (κ2) is 4.35. The first-order chi connectivity index (χ1) is 7.77. The Morgan fingerprint density at radius 1 is 0.812 bits per heavy atom. The van der Waals surface area contributed by atoms with E-state index in [1.807, 2.05) is 0 Å². The minimum absolute atomic E-state index is 0.0764. The van der Waals surface area contributed by atoms with Crippen LogP contribution in [-0.2, 0) is 0 Å². The lowest BCUT2D eigenvalue weighted by molar-refractivity contribution is 0.471. The maximum atomic E-state index is 9.36. The average molecular weight is 216 g/mol. The first kappa shape index (κ1) is 10.0. The number of hydrogen-bond donors (Lipinski definition) is 2. The first-order valence-electron chi connectivity index (χ1n) is 4.47. The molecule has 2 rings (SSSR count). The van der Waals surface area contributed by atoms with Gasteiger partial charge in [-0.25, -0.2) is 9.97 Å². The van der Waals surface area contributed by atoms with Crippen LogP contribution < -0.4 is 0 Å². The molecule has 0 atom stereocenters. The van der Waals surface area contributed by atoms with Crippen LogP contribution in [0, 0.1) is 0 Å². The lowest BCUT2D eigenvalue weighted by atomic mass is 10.4. The van der Waals surface area contributed by atoms with Gasteiger partial charge < -0.3 is 10.2 Å². The first-order valence-corrected chi connectivity index (χ1v) is 4.47. The Hall–Kier alpha value is -2.50. The molecule has 16 heavy (non-hydrogen) atoms. The van der Waals surface area contributed by atoms with E-state index in [0.717, 1.165) is 0 Å². The summed E-state index contributed by atoms with van der Waals surface area (Å²) < 4.78 is 0. The van der Waals surface area contributed by atoms with E-state index in [9.17, 15) is 10.2 Å². The summed E-state index contributed by atoms with van der Waals surface area (Å²) in [5.41, 5.74) is 0. The van der Waals surface area contributed by atoms with Crippen LogP contribution in [0.15, 0.2) is 46.9 Å². The zero-order chi connectivity index (χ0) is 11.4. The van der Waals surface area contributed by atoms with Crippen LogP contribution >= 0.6 is 0 Å². The van der Waals surface area contributed by atoms with Gasteiger partial charge >= 0.3 is 0 Å². The molecule has 6 nitrogen and oxygen atoms in total. The maximum Gasteiger partial charge on any atom is 0.216 e. The van der Waals surface area contributed by atoms with Crippen molar-refractivity contribution in [3.05, 3.63) is 36.7 Å². The molecule has 6 heteroatoms. The van der Waals surface area contributed by atoms with Crippen molar-refractivity contribution in [1.82, 2.24) is 9.97 Å². The molecule has 0 fully saturated rings. The van der Waals surface area contributed by atoms with Gasteiger partial charge in [-0.05, 0) is 24.3 Å². The van der Waals surface area contributed by atoms with Gasteiger partial charge in [-0.2, -0.15) is 0 Å². The van der Waals surface area contributed by atoms with Crippen LogP contribution in [0.3, 0.4) is 0 Å². The van der Waals surface area contributed by atoms with Gasteiger partial charge in [0.2, 0.25) is 11.6 Å². The van der Waals surface area contributed by atoms with Crippen molar-refractivity contribution in [2.45, 2.75) is 0 Å². The van der Waals surface area contributed by atoms with E-state index in [1.165, 1.54) is 24.5 Å². The second-order valence-corrected chi connectivity index (χ2v) is 2.89. The minimum Gasteiger partial charge on any atom is -0.504 e. The van der Waals surface area contributed by atoms with Crippen molar-refractivity contribution >= 4 is 11.6 Å². The molecule has 0 spiro atoms. The van der Waals surface area contributed by atoms with Gasteiger partial charge in [-0.15, -0.1) is 10.2 Å². The fourth-order valence-corrected chi connectivity index (χ4v) is 1.03. The van der Waals surface area contributed by atoms with Gasteiger partial charge in [0.1, 0.15) is 0 Å². The van der Waals surface area contributed by atoms with Crippen LogP contribution in [0.25, 0.3) is 0 Å². The van der Waals surface area contributed by atoms with Gasteiger partial charge in [0, 0.05) is 12.4 Å². The normalized spacial score (nSPS) is 10.8. The molecule has 0 radical (unpaired) electrons. The third kappa shape index (κ3) is 2.11. The van der Waals surface area contributed by atoms with Crippen molar-refractivity contribution in [3.8, 4) is 11.5 Å². The van der Waals surface area contributed by atoms with Gasteiger partial charge in [0.25, 0.3) is 0 Å². The number of nitrogens with zero attached hydrogens (tertiary/aromatic N) is 4. The minimum atomic E-state index is -0.0818. The van der Waals surface area contributed by atoms with E-state index >= 15 is 0 Å². The van der Waals surface area contributed by atoms with Crippen molar-refractivity contribution < 1.29 is 10.2 Å². The fourth-order valence-electron chi connectivity index (χ4n) is 1.03. The summed E-state index contributed by atoms with van der Waals surface area (Å²) in [4.78, 5) is 7.61. The molecule has 2 aromatic heterocycles. The molecule has 0 bridgehead atoms. The van der Waals surface area contributed by atoms with Gasteiger partial charge in [0.15, 0.2) is 11.5 Å². The van der Waals surface area contributed by atoms with Crippen LogP contribution in [0.2, 0.25) is 0 Å². The number of pyridine rings is 2. The Morgan fingerprint density at radius 2 is 1.25 bits per heavy atom. The standard InChI is InChI=1S/C10H8N4O2/c15-7-3-1-5-11-9(7)13-14-10-8(16)4-2-6-12-10/h1-6,15-16H. The molecule has 0 saturated carbocycles. The molecule has 0 aliphatic carbocycles. The second-order valence-electron chi connectivity index (χ2n) is 2.89. The summed E-state index contributed by atoms with van der Waals surface area (Å²) in [7, 11) is 0. The van der Waals surface area contributed by atoms with Crippen LogP contribution in [0.4, 0.5) is 11.6 Å². The third-order valence-electron chi connectivity index (χ3n) is 1.77. The largest absolute Gasteiger partial charge is 0.504 e. The molecular formula is C10H8N4O2. The molecular weight excluding hydrogens is 208 g/mol. The fraction of sp³-hybridized carbons (Fsp3) is 0. The van der Waals surface area contributed by atoms with Crippen molar-refractivity contribution in [1.29, 1.82) is 0 Å². The number of aromatic hydroxyl groups is 2. The van der Waals surface area contributed by atoms with E-state index in [-0.39, 0.29) is 23.1 Å². The Balaban J connectivity index is 2.29. The number of aromatic nitrogens is 2. The highest BCUT2D eigenvalue weighted by Gasteiger charge is 2.01. The Bertz CT molecular complexity index is 480. The van der Waals surface area contributed by atoms with E-state index in [2.05, 4.69) is 20.2 Å². The summed E-state index contributed by atoms with van der Waals surface area (Å²) in [5, 5.41) is 26.1. The molecule has 80 valence electrons. The summed E-state index contributed by atoms with van der Waals surface area (Å²) >= 11 is 0. The highest BCUT2D eigenvalue weighted by Crippen LogP contribution is 2.27. The predicted molar refractivity (Wildman–Crippen MR) is 56.0 cm³/mol. The molecule has 0 amide bonds. The van der Waals surface area contributed by atoms with E-state index < -0.39 is 0 Å². The van der Waals surface area contributed by atoms with Crippen LogP contribution in [-0.4, -0.2) is 20.2 Å². The number of azo groups is 1. The number of rotatable bonds is 2. The van der Waals surface area contributed by atoms with E-state index in [1.54, 1.807) is 12.1 Å². The smallest absolute Gasteiger partial charge is 0.216 e. The zero-order valence-electron chi connectivity index (χ0n) is 8.15. The van der Waals surface area contributed by atoms with Gasteiger partial charge in [-0.1, -0.05) is 0 Å². The monoisotopic (exact) mass is 216 g/mol. The summed E-state index contributed by atoms with van der Waals surface area (Å²) in [5.74, 6) is -0.0107. The summed E-state index contributed by atoms with van der Waals surface area (Å²) in [6.45, 7) is 0. The highest BCUT2D eigenvalue weighted by molar-refractivity contribution is 5.45. The lowest BCUT2D eigenvalue weighted by Gasteiger charge is -1.96. The Labute approximate surface area is 91.0 Å². The average Bonchev–Trinajstić information content (AvgIpc) is 2.30. The van der Waals surface area contributed by atoms with Crippen molar-refractivity contribution in [2.24, 2.45) is 10.2 Å². The number of hydrogen-bond acceptors (Lipinski definition) is 6. The van der Waals surface area contributed by atoms with Crippen LogP contribution in [0.5, 0.6) is 11.5 Å². The van der Waals surface area contributed by atoms with Crippen LogP contribution in [0.1, 0.15) is 0 Å². The SMILES string of the molecule is Oc1cccnc1N=Nc1ncccc1O. The predicted octanol–water partition coefficient (Wildman–Crippen LogP) is 2.30. The molecule has 0 unspecified atom stereocenters. The molecule has 2 heterocycles. The Morgan fingerprint density at radius 3 is 1.62 bits per heavy atom. The third-order valence-corrected chi connectivity index (χ3v) is 1.77. The zero-order valence-corrected chi connectivity index (χ0v) is 8.15. The van der Waals surface area contributed by atoms with Crippen molar-refractivity contribution in [3.63, 3.8) is 0 Å². The summed E-state index contributed by atoms with van der Waals surface area (Å²) in [6.07, 6.45) is 2.96. The molecule has 2 aromatic rings. The quantitative estimate of drug-likeness (QED) is 0.753. The van der Waals surface area contributed by atoms with E-state index in [4.69, 9.17) is 0 Å². The topological polar surface area (TPSA) is 91.0 Å². The Kier molecular flexibility index (Phi) is 2.73. The molecule has 0 aromatic carbocycles. The highest BCUT2D eigenvalue weighted by atomic mass is 16.3. The lowest BCUT2D eigenvalue weighted by Crippen LogP contribution is -1.75. The molecule has 2 N–H and O–H groups in total. The van der Waals surface area contributed by atoms with Gasteiger partial charge in [-0.3, -0.25) is 0 Å². The maximum absolute atomic E-state index is 9.36. The molecule has 0 saturated heterocycles. The molecule has 0 aliphatic rings. The molecule has 0 aliphatic heterocycles. The van der Waals surface area contributed by atoms with Gasteiger partial charge in [0.05, 0.1) is 0 Å². The van der Waals surface area contributed by atoms with E-state index in [0.29, 0.717) is 0 Å².